The zero-order valence-corrected chi connectivity index (χ0v) is 11.2. The van der Waals surface area contributed by atoms with Crippen molar-refractivity contribution in [3.05, 3.63) is 63.8 Å². The summed E-state index contributed by atoms with van der Waals surface area (Å²) in [5, 5.41) is 4.84. The van der Waals surface area contributed by atoms with Crippen LogP contribution in [0.2, 0.25) is 10.3 Å². The molecular weight excluding hydrogens is 288 g/mol. The van der Waals surface area contributed by atoms with Gasteiger partial charge in [-0.3, -0.25) is 0 Å². The van der Waals surface area contributed by atoms with Crippen molar-refractivity contribution in [2.24, 2.45) is 0 Å². The van der Waals surface area contributed by atoms with E-state index in [4.69, 9.17) is 23.2 Å². The summed E-state index contributed by atoms with van der Waals surface area (Å²) in [6, 6.07) is 7.90. The van der Waals surface area contributed by atoms with Gasteiger partial charge in [0.05, 0.1) is 6.20 Å². The zero-order chi connectivity index (χ0) is 13.4. The Morgan fingerprint density at radius 1 is 1.11 bits per heavy atom. The van der Waals surface area contributed by atoms with Crippen molar-refractivity contribution in [1.82, 2.24) is 14.6 Å². The van der Waals surface area contributed by atoms with Crippen molar-refractivity contribution < 1.29 is 4.39 Å². The minimum absolute atomic E-state index is 0.276. The molecule has 0 aliphatic rings. The van der Waals surface area contributed by atoms with Gasteiger partial charge < -0.3 is 0 Å². The van der Waals surface area contributed by atoms with Gasteiger partial charge in [0.25, 0.3) is 0 Å². The highest BCUT2D eigenvalue weighted by Crippen LogP contribution is 2.26. The van der Waals surface area contributed by atoms with E-state index < -0.39 is 0 Å². The normalized spacial score (nSPS) is 11.1. The van der Waals surface area contributed by atoms with Crippen molar-refractivity contribution in [2.75, 3.05) is 0 Å². The van der Waals surface area contributed by atoms with E-state index >= 15 is 0 Å². The van der Waals surface area contributed by atoms with Crippen LogP contribution in [0.15, 0.2) is 36.5 Å². The molecule has 19 heavy (non-hydrogen) atoms. The maximum Gasteiger partial charge on any atom is 0.158 e. The van der Waals surface area contributed by atoms with Gasteiger partial charge in [0.15, 0.2) is 5.65 Å². The highest BCUT2D eigenvalue weighted by atomic mass is 35.5. The van der Waals surface area contributed by atoms with E-state index in [0.29, 0.717) is 27.9 Å². The molecule has 0 radical (unpaired) electrons. The fraction of sp³-hybridized carbons (Fsp3) is 0.0769. The van der Waals surface area contributed by atoms with Crippen LogP contribution in [0.25, 0.3) is 5.65 Å². The first-order chi connectivity index (χ1) is 9.15. The van der Waals surface area contributed by atoms with Gasteiger partial charge >= 0.3 is 0 Å². The van der Waals surface area contributed by atoms with Crippen LogP contribution in [0.1, 0.15) is 11.1 Å². The molecule has 0 aliphatic heterocycles. The molecule has 3 rings (SSSR count). The summed E-state index contributed by atoms with van der Waals surface area (Å²) in [6.07, 6.45) is 2.08. The van der Waals surface area contributed by atoms with Crippen LogP contribution in [0, 0.1) is 5.82 Å². The summed E-state index contributed by atoms with van der Waals surface area (Å²) in [5.74, 6) is -0.276. The fourth-order valence-electron chi connectivity index (χ4n) is 1.87. The first kappa shape index (κ1) is 12.4. The van der Waals surface area contributed by atoms with Crippen LogP contribution in [0.3, 0.4) is 0 Å². The first-order valence-corrected chi connectivity index (χ1v) is 6.33. The number of benzene rings is 1. The third kappa shape index (κ3) is 2.29. The second-order valence-electron chi connectivity index (χ2n) is 4.08. The Morgan fingerprint density at radius 2 is 1.84 bits per heavy atom. The van der Waals surface area contributed by atoms with Gasteiger partial charge in [-0.05, 0) is 17.7 Å². The number of halogens is 3. The average molecular weight is 296 g/mol. The fourth-order valence-corrected chi connectivity index (χ4v) is 2.44. The number of hydrogen-bond donors (Lipinski definition) is 0. The lowest BCUT2D eigenvalue weighted by Gasteiger charge is -2.08. The second-order valence-corrected chi connectivity index (χ2v) is 4.79. The quantitative estimate of drug-likeness (QED) is 0.674. The van der Waals surface area contributed by atoms with Crippen molar-refractivity contribution >= 4 is 28.8 Å². The highest BCUT2D eigenvalue weighted by molar-refractivity contribution is 6.34. The van der Waals surface area contributed by atoms with E-state index in [-0.39, 0.29) is 5.82 Å². The minimum Gasteiger partial charge on any atom is -0.216 e. The van der Waals surface area contributed by atoms with Crippen molar-refractivity contribution in [3.63, 3.8) is 0 Å². The predicted molar refractivity (Wildman–Crippen MR) is 72.2 cm³/mol. The molecule has 0 amide bonds. The standard InChI is InChI=1S/C13H8Cl2FN3/c14-12-10(7-8-1-3-9(16)4-2-8)13(15)19-11(18-12)5-6-17-19/h1-6H,7H2. The molecule has 3 aromatic rings. The summed E-state index contributed by atoms with van der Waals surface area (Å²) >= 11 is 12.4. The van der Waals surface area contributed by atoms with E-state index in [2.05, 4.69) is 10.1 Å². The SMILES string of the molecule is Fc1ccc(Cc2c(Cl)nc3ccnn3c2Cl)cc1. The molecule has 0 atom stereocenters. The van der Waals surface area contributed by atoms with Gasteiger partial charge in [0.1, 0.15) is 16.1 Å². The van der Waals surface area contributed by atoms with Crippen molar-refractivity contribution in [1.29, 1.82) is 0 Å². The molecule has 0 N–H and O–H groups in total. The molecule has 0 unspecified atom stereocenters. The molecule has 96 valence electrons. The third-order valence-electron chi connectivity index (χ3n) is 2.81. The molecule has 3 nitrogen and oxygen atoms in total. The first-order valence-electron chi connectivity index (χ1n) is 5.57. The summed E-state index contributed by atoms with van der Waals surface area (Å²) < 4.78 is 14.4. The van der Waals surface area contributed by atoms with Gasteiger partial charge in [-0.1, -0.05) is 35.3 Å². The van der Waals surface area contributed by atoms with E-state index in [9.17, 15) is 4.39 Å². The molecule has 0 saturated carbocycles. The molecule has 2 aromatic heterocycles. The summed E-state index contributed by atoms with van der Waals surface area (Å²) in [6.45, 7) is 0. The molecule has 6 heteroatoms. The van der Waals surface area contributed by atoms with Crippen LogP contribution in [-0.2, 0) is 6.42 Å². The van der Waals surface area contributed by atoms with E-state index in [1.54, 1.807) is 24.4 Å². The topological polar surface area (TPSA) is 30.2 Å². The van der Waals surface area contributed by atoms with Gasteiger partial charge in [0, 0.05) is 18.1 Å². The van der Waals surface area contributed by atoms with E-state index in [1.807, 2.05) is 0 Å². The summed E-state index contributed by atoms with van der Waals surface area (Å²) in [4.78, 5) is 4.22. The molecule has 0 bridgehead atoms. The van der Waals surface area contributed by atoms with E-state index in [1.165, 1.54) is 16.6 Å². The lowest BCUT2D eigenvalue weighted by molar-refractivity contribution is 0.627. The zero-order valence-electron chi connectivity index (χ0n) is 9.65. The molecule has 2 heterocycles. The van der Waals surface area contributed by atoms with Crippen LogP contribution in [-0.4, -0.2) is 14.6 Å². The number of hydrogen-bond acceptors (Lipinski definition) is 2. The largest absolute Gasteiger partial charge is 0.216 e. The van der Waals surface area contributed by atoms with Crippen LogP contribution in [0.4, 0.5) is 4.39 Å². The maximum absolute atomic E-state index is 12.9. The number of nitrogens with zero attached hydrogens (tertiary/aromatic N) is 3. The lowest BCUT2D eigenvalue weighted by atomic mass is 10.1. The van der Waals surface area contributed by atoms with Gasteiger partial charge in [0.2, 0.25) is 0 Å². The molecule has 1 aromatic carbocycles. The Labute approximate surface area is 118 Å². The number of rotatable bonds is 2. The minimum atomic E-state index is -0.276. The number of fused-ring (bicyclic) bond motifs is 1. The van der Waals surface area contributed by atoms with Crippen LogP contribution in [0.5, 0.6) is 0 Å². The summed E-state index contributed by atoms with van der Waals surface area (Å²) in [7, 11) is 0. The Bertz CT molecular complexity index is 737. The van der Waals surface area contributed by atoms with Gasteiger partial charge in [-0.2, -0.15) is 5.10 Å². The van der Waals surface area contributed by atoms with Crippen LogP contribution >= 0.6 is 23.2 Å². The summed E-state index contributed by atoms with van der Waals surface area (Å²) in [5.41, 5.74) is 2.17. The molecular formula is C13H8Cl2FN3. The third-order valence-corrected chi connectivity index (χ3v) is 3.51. The van der Waals surface area contributed by atoms with Gasteiger partial charge in [-0.25, -0.2) is 13.9 Å². The molecule has 0 aliphatic carbocycles. The second kappa shape index (κ2) is 4.79. The Morgan fingerprint density at radius 3 is 2.58 bits per heavy atom. The molecule has 0 saturated heterocycles. The smallest absolute Gasteiger partial charge is 0.158 e. The Hall–Kier alpha value is -1.65. The molecule has 0 fully saturated rings. The van der Waals surface area contributed by atoms with Crippen molar-refractivity contribution in [2.45, 2.75) is 6.42 Å². The maximum atomic E-state index is 12.9. The lowest BCUT2D eigenvalue weighted by Crippen LogP contribution is -2.01. The Kier molecular flexibility index (Phi) is 3.12. The van der Waals surface area contributed by atoms with E-state index in [0.717, 1.165) is 5.56 Å². The van der Waals surface area contributed by atoms with Crippen LogP contribution < -0.4 is 0 Å². The predicted octanol–water partition coefficient (Wildman–Crippen LogP) is 3.77. The average Bonchev–Trinajstić information content (AvgIpc) is 2.85. The monoisotopic (exact) mass is 295 g/mol. The van der Waals surface area contributed by atoms with Gasteiger partial charge in [-0.15, -0.1) is 0 Å². The van der Waals surface area contributed by atoms with Crippen molar-refractivity contribution in [3.8, 4) is 0 Å². The molecule has 0 spiro atoms. The Balaban J connectivity index is 2.06. The highest BCUT2D eigenvalue weighted by Gasteiger charge is 2.13. The number of aromatic nitrogens is 3.